The number of carbonyl (C=O) groups excluding carboxylic acids is 1. The van der Waals surface area contributed by atoms with E-state index in [0.717, 1.165) is 5.57 Å². The molecule has 1 nitrogen and oxygen atoms in total. The molecule has 0 N–H and O–H groups in total. The summed E-state index contributed by atoms with van der Waals surface area (Å²) in [6.45, 7) is 6.87. The van der Waals surface area contributed by atoms with Crippen LogP contribution in [0, 0.1) is 0 Å². The second kappa shape index (κ2) is 6.29. The van der Waals surface area contributed by atoms with Gasteiger partial charge in [-0.2, -0.15) is 0 Å². The second-order valence-corrected chi connectivity index (χ2v) is 6.04. The summed E-state index contributed by atoms with van der Waals surface area (Å²) in [6, 6.07) is 0. The highest BCUT2D eigenvalue weighted by atomic mass is 79.9. The van der Waals surface area contributed by atoms with E-state index in [1.807, 2.05) is 0 Å². The van der Waals surface area contributed by atoms with Crippen molar-refractivity contribution in [2.45, 2.75) is 23.0 Å². The van der Waals surface area contributed by atoms with Crippen LogP contribution >= 0.6 is 50.7 Å². The number of halogens is 4. The van der Waals surface area contributed by atoms with Crippen molar-refractivity contribution in [3.63, 3.8) is 0 Å². The van der Waals surface area contributed by atoms with Crippen LogP contribution in [0.2, 0.25) is 0 Å². The van der Waals surface area contributed by atoms with E-state index in [2.05, 4.69) is 22.5 Å². The zero-order valence-electron chi connectivity index (χ0n) is 8.49. The number of alkyl halides is 4. The average Bonchev–Trinajstić information content (AvgIpc) is 2.14. The molecular formula is C10H12BrCl3O. The van der Waals surface area contributed by atoms with Crippen LogP contribution in [-0.2, 0) is 4.79 Å². The van der Waals surface area contributed by atoms with Crippen LogP contribution in [0.4, 0.5) is 0 Å². The molecule has 1 unspecified atom stereocenters. The molecule has 0 bridgehead atoms. The Hall–Kier alpha value is 0.500. The van der Waals surface area contributed by atoms with Gasteiger partial charge in [-0.3, -0.25) is 4.79 Å². The predicted molar refractivity (Wildman–Crippen MR) is 71.5 cm³/mol. The lowest BCUT2D eigenvalue weighted by molar-refractivity contribution is -0.115. The molecule has 0 saturated heterocycles. The average molecular weight is 334 g/mol. The zero-order chi connectivity index (χ0) is 12.2. The van der Waals surface area contributed by atoms with Crippen LogP contribution in [0.25, 0.3) is 0 Å². The first-order chi connectivity index (χ1) is 6.72. The summed E-state index contributed by atoms with van der Waals surface area (Å²) in [4.78, 5) is 11.5. The van der Waals surface area contributed by atoms with Crippen molar-refractivity contribution in [1.82, 2.24) is 0 Å². The van der Waals surface area contributed by atoms with E-state index < -0.39 is 10.1 Å². The standard InChI is InChI=1S/C10H12BrCl3O/c1-6(2)9(15)10(13,14)4-7(3)8(11)5-12/h4,8H,1,5H2,2-3H3. The van der Waals surface area contributed by atoms with Gasteiger partial charge in [0.15, 0.2) is 10.1 Å². The Morgan fingerprint density at radius 1 is 1.53 bits per heavy atom. The van der Waals surface area contributed by atoms with Crippen LogP contribution in [0.15, 0.2) is 23.8 Å². The predicted octanol–water partition coefficient (Wildman–Crippen LogP) is 4.25. The van der Waals surface area contributed by atoms with Gasteiger partial charge in [-0.15, -0.1) is 11.6 Å². The summed E-state index contributed by atoms with van der Waals surface area (Å²) in [5.41, 5.74) is 1.13. The Morgan fingerprint density at radius 2 is 2.00 bits per heavy atom. The highest BCUT2D eigenvalue weighted by Crippen LogP contribution is 2.30. The van der Waals surface area contributed by atoms with Crippen molar-refractivity contribution in [2.75, 3.05) is 5.88 Å². The van der Waals surface area contributed by atoms with Crippen LogP contribution in [0.1, 0.15) is 13.8 Å². The van der Waals surface area contributed by atoms with Gasteiger partial charge in [-0.25, -0.2) is 0 Å². The Bertz CT molecular complexity index is 297. The third-order valence-electron chi connectivity index (χ3n) is 1.73. The first kappa shape index (κ1) is 15.5. The van der Waals surface area contributed by atoms with Gasteiger partial charge in [0.2, 0.25) is 0 Å². The molecule has 5 heteroatoms. The van der Waals surface area contributed by atoms with Gasteiger partial charge in [-0.1, -0.05) is 51.3 Å². The van der Waals surface area contributed by atoms with E-state index in [-0.39, 0.29) is 4.83 Å². The summed E-state index contributed by atoms with van der Waals surface area (Å²) in [5.74, 6) is -0.0209. The molecule has 0 amide bonds. The molecule has 0 aliphatic rings. The highest BCUT2D eigenvalue weighted by molar-refractivity contribution is 9.09. The SMILES string of the molecule is C=C(C)C(=O)C(Cl)(Cl)C=C(C)C(Br)CCl. The second-order valence-electron chi connectivity index (χ2n) is 3.24. The number of hydrogen-bond acceptors (Lipinski definition) is 1. The topological polar surface area (TPSA) is 17.1 Å². The van der Waals surface area contributed by atoms with Crippen LogP contribution < -0.4 is 0 Å². The molecule has 0 rings (SSSR count). The summed E-state index contributed by atoms with van der Waals surface area (Å²) in [7, 11) is 0. The molecule has 1 atom stereocenters. The maximum atomic E-state index is 11.6. The molecule has 15 heavy (non-hydrogen) atoms. The third kappa shape index (κ3) is 4.90. The molecule has 0 aromatic rings. The fourth-order valence-electron chi connectivity index (χ4n) is 0.848. The first-order valence-corrected chi connectivity index (χ1v) is 6.40. The minimum atomic E-state index is -1.56. The maximum Gasteiger partial charge on any atom is 0.198 e. The number of carbonyl (C=O) groups is 1. The summed E-state index contributed by atoms with van der Waals surface area (Å²) < 4.78 is -1.56. The van der Waals surface area contributed by atoms with Gasteiger partial charge < -0.3 is 0 Å². The molecule has 0 heterocycles. The highest BCUT2D eigenvalue weighted by Gasteiger charge is 2.31. The number of rotatable bonds is 5. The van der Waals surface area contributed by atoms with Gasteiger partial charge in [0.25, 0.3) is 0 Å². The molecule has 0 aliphatic heterocycles. The van der Waals surface area contributed by atoms with Gasteiger partial charge in [0, 0.05) is 10.7 Å². The molecule has 0 fully saturated rings. The summed E-state index contributed by atoms with van der Waals surface area (Å²) >= 11 is 20.8. The Balaban J connectivity index is 4.90. The Morgan fingerprint density at radius 3 is 2.33 bits per heavy atom. The molecule has 0 saturated carbocycles. The molecule has 0 radical (unpaired) electrons. The van der Waals surface area contributed by atoms with Crippen molar-refractivity contribution in [2.24, 2.45) is 0 Å². The fraction of sp³-hybridized carbons (Fsp3) is 0.500. The van der Waals surface area contributed by atoms with Crippen molar-refractivity contribution in [3.05, 3.63) is 23.8 Å². The zero-order valence-corrected chi connectivity index (χ0v) is 12.3. The lowest BCUT2D eigenvalue weighted by atomic mass is 10.1. The van der Waals surface area contributed by atoms with Gasteiger partial charge in [0.1, 0.15) is 0 Å². The van der Waals surface area contributed by atoms with E-state index in [9.17, 15) is 4.79 Å². The first-order valence-electron chi connectivity index (χ1n) is 4.20. The Kier molecular flexibility index (Phi) is 6.50. The quantitative estimate of drug-likeness (QED) is 0.417. The van der Waals surface area contributed by atoms with E-state index in [0.29, 0.717) is 11.5 Å². The number of Topliss-reactive ketones (excluding diaryl/α,β-unsaturated/α-hetero) is 1. The van der Waals surface area contributed by atoms with Crippen LogP contribution in [0.5, 0.6) is 0 Å². The molecule has 0 aromatic carbocycles. The lowest BCUT2D eigenvalue weighted by Gasteiger charge is -2.16. The molecule has 86 valence electrons. The van der Waals surface area contributed by atoms with Crippen molar-refractivity contribution < 1.29 is 4.79 Å². The van der Waals surface area contributed by atoms with Crippen molar-refractivity contribution >= 4 is 56.5 Å². The Labute approximate surface area is 114 Å². The van der Waals surface area contributed by atoms with Gasteiger partial charge in [0.05, 0.1) is 0 Å². The van der Waals surface area contributed by atoms with Gasteiger partial charge >= 0.3 is 0 Å². The fourth-order valence-corrected chi connectivity index (χ4v) is 1.89. The normalized spacial score (nSPS) is 14.9. The molecule has 0 aromatic heterocycles. The van der Waals surface area contributed by atoms with E-state index >= 15 is 0 Å². The van der Waals surface area contributed by atoms with E-state index in [1.165, 1.54) is 6.08 Å². The molecular weight excluding hydrogens is 322 g/mol. The van der Waals surface area contributed by atoms with Crippen molar-refractivity contribution in [3.8, 4) is 0 Å². The maximum absolute atomic E-state index is 11.6. The number of allylic oxidation sites excluding steroid dienone is 3. The smallest absolute Gasteiger partial charge is 0.198 e. The van der Waals surface area contributed by atoms with Crippen molar-refractivity contribution in [1.29, 1.82) is 0 Å². The molecule has 0 aliphatic carbocycles. The van der Waals surface area contributed by atoms with E-state index in [4.69, 9.17) is 34.8 Å². The summed E-state index contributed by atoms with van der Waals surface area (Å²) in [5, 5.41) is 0. The largest absolute Gasteiger partial charge is 0.291 e. The monoisotopic (exact) mass is 332 g/mol. The van der Waals surface area contributed by atoms with Crippen LogP contribution in [0.3, 0.4) is 0 Å². The number of ketones is 1. The van der Waals surface area contributed by atoms with Crippen LogP contribution in [-0.4, -0.2) is 20.8 Å². The minimum Gasteiger partial charge on any atom is -0.291 e. The lowest BCUT2D eigenvalue weighted by Crippen LogP contribution is -2.25. The third-order valence-corrected chi connectivity index (χ3v) is 4.02. The minimum absolute atomic E-state index is 0.0473. The summed E-state index contributed by atoms with van der Waals surface area (Å²) in [6.07, 6.45) is 1.48. The van der Waals surface area contributed by atoms with Gasteiger partial charge in [-0.05, 0) is 25.5 Å². The number of hydrogen-bond donors (Lipinski definition) is 0. The molecule has 0 spiro atoms. The van der Waals surface area contributed by atoms with E-state index in [1.54, 1.807) is 13.8 Å².